The van der Waals surface area contributed by atoms with Gasteiger partial charge in [-0.1, -0.05) is 26.7 Å². The van der Waals surface area contributed by atoms with Gasteiger partial charge in [0.15, 0.2) is 0 Å². The summed E-state index contributed by atoms with van der Waals surface area (Å²) in [6, 6.07) is 4.79. The van der Waals surface area contributed by atoms with E-state index in [1.165, 1.54) is 25.0 Å². The Morgan fingerprint density at radius 2 is 1.95 bits per heavy atom. The molecule has 1 aliphatic carbocycles. The fourth-order valence-electron chi connectivity index (χ4n) is 2.89. The van der Waals surface area contributed by atoms with Crippen LogP contribution < -0.4 is 10.0 Å². The maximum absolute atomic E-state index is 13.7. The van der Waals surface area contributed by atoms with Crippen LogP contribution in [-0.2, 0) is 10.0 Å². The summed E-state index contributed by atoms with van der Waals surface area (Å²) in [5.41, 5.74) is 0.729. The Morgan fingerprint density at radius 1 is 1.24 bits per heavy atom. The fraction of sp³-hybridized carbons (Fsp3) is 0.600. The minimum Gasteiger partial charge on any atom is -0.382 e. The molecular formula is C15H23FN2O2S. The molecule has 3 atom stereocenters. The van der Waals surface area contributed by atoms with Gasteiger partial charge in [0, 0.05) is 11.7 Å². The van der Waals surface area contributed by atoms with E-state index in [2.05, 4.69) is 23.9 Å². The molecular weight excluding hydrogens is 291 g/mol. The standard InChI is InChI=1S/C15H23FN2O2S/c1-10-5-4-6-14(11(10)2)17-12-7-8-13(16)15(9-12)18-21(3,19)20/h7-11,14,17-18H,4-6H2,1-3H3. The van der Waals surface area contributed by atoms with Gasteiger partial charge in [-0.2, -0.15) is 0 Å². The maximum Gasteiger partial charge on any atom is 0.229 e. The summed E-state index contributed by atoms with van der Waals surface area (Å²) in [5, 5.41) is 3.41. The summed E-state index contributed by atoms with van der Waals surface area (Å²) in [5.74, 6) is 0.622. The first kappa shape index (κ1) is 16.1. The molecule has 0 radical (unpaired) electrons. The normalized spacial score (nSPS) is 26.4. The van der Waals surface area contributed by atoms with E-state index in [1.54, 1.807) is 6.07 Å². The molecule has 0 aliphatic heterocycles. The first-order valence-electron chi connectivity index (χ1n) is 7.30. The van der Waals surface area contributed by atoms with Gasteiger partial charge in [-0.05, 0) is 36.5 Å². The molecule has 4 nitrogen and oxygen atoms in total. The lowest BCUT2D eigenvalue weighted by Gasteiger charge is -2.35. The lowest BCUT2D eigenvalue weighted by Crippen LogP contribution is -2.35. The highest BCUT2D eigenvalue weighted by atomic mass is 32.2. The molecule has 1 aliphatic rings. The molecule has 2 rings (SSSR count). The van der Waals surface area contributed by atoms with Crippen LogP contribution in [0.5, 0.6) is 0 Å². The second-order valence-corrected chi connectivity index (χ2v) is 7.84. The predicted molar refractivity (Wildman–Crippen MR) is 84.5 cm³/mol. The minimum atomic E-state index is -3.49. The Bertz CT molecular complexity index is 604. The van der Waals surface area contributed by atoms with Crippen molar-refractivity contribution in [3.63, 3.8) is 0 Å². The molecule has 1 fully saturated rings. The van der Waals surface area contributed by atoms with Gasteiger partial charge in [0.25, 0.3) is 0 Å². The van der Waals surface area contributed by atoms with E-state index in [0.717, 1.165) is 18.4 Å². The third kappa shape index (κ3) is 4.33. The molecule has 0 heterocycles. The molecule has 1 aromatic rings. The summed E-state index contributed by atoms with van der Waals surface area (Å²) in [6.07, 6.45) is 4.51. The molecule has 1 saturated carbocycles. The van der Waals surface area contributed by atoms with Crippen LogP contribution in [0.25, 0.3) is 0 Å². The Labute approximate surface area is 126 Å². The molecule has 3 unspecified atom stereocenters. The lowest BCUT2D eigenvalue weighted by molar-refractivity contribution is 0.253. The third-order valence-electron chi connectivity index (χ3n) is 4.32. The molecule has 0 aromatic heterocycles. The Kier molecular flexibility index (Phi) is 4.76. The van der Waals surface area contributed by atoms with Gasteiger partial charge in [-0.15, -0.1) is 0 Å². The van der Waals surface area contributed by atoms with Gasteiger partial charge in [0.05, 0.1) is 11.9 Å². The van der Waals surface area contributed by atoms with Crippen molar-refractivity contribution in [2.75, 3.05) is 16.3 Å². The quantitative estimate of drug-likeness (QED) is 0.895. The van der Waals surface area contributed by atoms with Crippen molar-refractivity contribution in [1.82, 2.24) is 0 Å². The lowest BCUT2D eigenvalue weighted by atomic mass is 9.78. The topological polar surface area (TPSA) is 58.2 Å². The van der Waals surface area contributed by atoms with Gasteiger partial charge in [0.2, 0.25) is 10.0 Å². The van der Waals surface area contributed by atoms with Crippen molar-refractivity contribution < 1.29 is 12.8 Å². The molecule has 2 N–H and O–H groups in total. The van der Waals surface area contributed by atoms with Crippen molar-refractivity contribution >= 4 is 21.4 Å². The Morgan fingerprint density at radius 3 is 2.62 bits per heavy atom. The first-order chi connectivity index (χ1) is 9.76. The number of hydrogen-bond acceptors (Lipinski definition) is 3. The van der Waals surface area contributed by atoms with E-state index in [0.29, 0.717) is 17.9 Å². The van der Waals surface area contributed by atoms with Crippen LogP contribution in [-0.4, -0.2) is 20.7 Å². The Balaban J connectivity index is 2.15. The van der Waals surface area contributed by atoms with E-state index >= 15 is 0 Å². The number of sulfonamides is 1. The highest BCUT2D eigenvalue weighted by Crippen LogP contribution is 2.32. The van der Waals surface area contributed by atoms with Crippen LogP contribution in [0.15, 0.2) is 18.2 Å². The molecule has 0 bridgehead atoms. The highest BCUT2D eigenvalue weighted by Gasteiger charge is 2.27. The van der Waals surface area contributed by atoms with Crippen LogP contribution in [0.3, 0.4) is 0 Å². The average Bonchev–Trinajstić information content (AvgIpc) is 2.37. The smallest absolute Gasteiger partial charge is 0.229 e. The molecule has 21 heavy (non-hydrogen) atoms. The molecule has 118 valence electrons. The monoisotopic (exact) mass is 314 g/mol. The zero-order valence-electron chi connectivity index (χ0n) is 12.7. The molecule has 1 aromatic carbocycles. The summed E-state index contributed by atoms with van der Waals surface area (Å²) in [4.78, 5) is 0. The fourth-order valence-corrected chi connectivity index (χ4v) is 3.45. The second kappa shape index (κ2) is 6.22. The molecule has 6 heteroatoms. The minimum absolute atomic E-state index is 0.0148. The van der Waals surface area contributed by atoms with Crippen molar-refractivity contribution in [3.8, 4) is 0 Å². The van der Waals surface area contributed by atoms with Crippen molar-refractivity contribution in [3.05, 3.63) is 24.0 Å². The number of anilines is 2. The number of rotatable bonds is 4. The van der Waals surface area contributed by atoms with Crippen LogP contribution in [0, 0.1) is 17.7 Å². The van der Waals surface area contributed by atoms with Gasteiger partial charge in [-0.25, -0.2) is 12.8 Å². The van der Waals surface area contributed by atoms with Crippen LogP contribution >= 0.6 is 0 Å². The number of nitrogens with one attached hydrogen (secondary N) is 2. The third-order valence-corrected chi connectivity index (χ3v) is 4.91. The van der Waals surface area contributed by atoms with Gasteiger partial charge in [0.1, 0.15) is 5.82 Å². The molecule has 0 spiro atoms. The maximum atomic E-state index is 13.7. The predicted octanol–water partition coefficient (Wildman–Crippen LogP) is 3.43. The summed E-state index contributed by atoms with van der Waals surface area (Å²) >= 11 is 0. The van der Waals surface area contributed by atoms with Crippen molar-refractivity contribution in [2.45, 2.75) is 39.2 Å². The average molecular weight is 314 g/mol. The number of hydrogen-bond donors (Lipinski definition) is 2. The highest BCUT2D eigenvalue weighted by molar-refractivity contribution is 7.92. The summed E-state index contributed by atoms with van der Waals surface area (Å²) in [6.45, 7) is 4.47. The van der Waals surface area contributed by atoms with Crippen LogP contribution in [0.1, 0.15) is 33.1 Å². The summed E-state index contributed by atoms with van der Waals surface area (Å²) < 4.78 is 38.4. The summed E-state index contributed by atoms with van der Waals surface area (Å²) in [7, 11) is -3.49. The van der Waals surface area contributed by atoms with E-state index in [1.807, 2.05) is 0 Å². The molecule has 0 saturated heterocycles. The van der Waals surface area contributed by atoms with E-state index in [-0.39, 0.29) is 5.69 Å². The van der Waals surface area contributed by atoms with E-state index in [4.69, 9.17) is 0 Å². The van der Waals surface area contributed by atoms with Crippen molar-refractivity contribution in [2.24, 2.45) is 11.8 Å². The van der Waals surface area contributed by atoms with Gasteiger partial charge >= 0.3 is 0 Å². The van der Waals surface area contributed by atoms with Gasteiger partial charge < -0.3 is 5.32 Å². The molecule has 0 amide bonds. The zero-order chi connectivity index (χ0) is 15.6. The van der Waals surface area contributed by atoms with E-state index < -0.39 is 15.8 Å². The second-order valence-electron chi connectivity index (χ2n) is 6.09. The number of halogens is 1. The number of benzene rings is 1. The zero-order valence-corrected chi connectivity index (χ0v) is 13.5. The van der Waals surface area contributed by atoms with Crippen molar-refractivity contribution in [1.29, 1.82) is 0 Å². The van der Waals surface area contributed by atoms with Crippen LogP contribution in [0.2, 0.25) is 0 Å². The van der Waals surface area contributed by atoms with Gasteiger partial charge in [-0.3, -0.25) is 4.72 Å². The van der Waals surface area contributed by atoms with E-state index in [9.17, 15) is 12.8 Å². The largest absolute Gasteiger partial charge is 0.382 e. The SMILES string of the molecule is CC1CCCC(Nc2ccc(F)c(NS(C)(=O)=O)c2)C1C. The first-order valence-corrected chi connectivity index (χ1v) is 9.19. The Hall–Kier alpha value is -1.30. The van der Waals surface area contributed by atoms with Crippen LogP contribution in [0.4, 0.5) is 15.8 Å².